The number of nitro benzene ring substituents is 1. The van der Waals surface area contributed by atoms with Gasteiger partial charge in [0.05, 0.1) is 12.0 Å². The van der Waals surface area contributed by atoms with Crippen LogP contribution in [0.25, 0.3) is 0 Å². The number of carbonyl (C=O) groups excluding carboxylic acids is 2. The highest BCUT2D eigenvalue weighted by atomic mass is 32.2. The van der Waals surface area contributed by atoms with E-state index in [-0.39, 0.29) is 0 Å². The summed E-state index contributed by atoms with van der Waals surface area (Å²) < 4.78 is 36.5. The van der Waals surface area contributed by atoms with Crippen LogP contribution in [0.2, 0.25) is 0 Å². The molecule has 0 saturated heterocycles. The Morgan fingerprint density at radius 1 is 1.26 bits per heavy atom. The van der Waals surface area contributed by atoms with E-state index in [2.05, 4.69) is 10.1 Å². The zero-order valence-electron chi connectivity index (χ0n) is 15.2. The van der Waals surface area contributed by atoms with E-state index in [0.717, 1.165) is 19.2 Å². The molecule has 0 radical (unpaired) electrons. The van der Waals surface area contributed by atoms with Gasteiger partial charge >= 0.3 is 12.1 Å². The van der Waals surface area contributed by atoms with Crippen LogP contribution < -0.4 is 10.0 Å². The van der Waals surface area contributed by atoms with Gasteiger partial charge in [-0.25, -0.2) is 13.2 Å². The normalized spacial score (nSPS) is 12.7. The number of alkyl carbamates (subject to hydrolysis) is 1. The van der Waals surface area contributed by atoms with Crippen molar-refractivity contribution in [2.75, 3.05) is 13.7 Å². The van der Waals surface area contributed by atoms with Crippen molar-refractivity contribution in [1.82, 2.24) is 10.0 Å². The van der Waals surface area contributed by atoms with Crippen LogP contribution >= 0.6 is 0 Å². The van der Waals surface area contributed by atoms with Crippen molar-refractivity contribution in [2.24, 2.45) is 0 Å². The molecule has 1 rings (SSSR count). The summed E-state index contributed by atoms with van der Waals surface area (Å²) in [6.45, 7) is 4.40. The number of rotatable bonds is 7. The largest absolute Gasteiger partial charge is 0.468 e. The minimum absolute atomic E-state index is 0.485. The van der Waals surface area contributed by atoms with Gasteiger partial charge in [-0.05, 0) is 26.8 Å². The molecular formula is C15H21N3O8S. The second-order valence-electron chi connectivity index (χ2n) is 6.30. The van der Waals surface area contributed by atoms with Gasteiger partial charge in [0.15, 0.2) is 4.90 Å². The quantitative estimate of drug-likeness (QED) is 0.387. The number of nitrogens with zero attached hydrogens (tertiary/aromatic N) is 1. The van der Waals surface area contributed by atoms with Crippen LogP contribution in [0.5, 0.6) is 0 Å². The van der Waals surface area contributed by atoms with Gasteiger partial charge in [-0.1, -0.05) is 12.1 Å². The molecule has 1 amide bonds. The van der Waals surface area contributed by atoms with Crippen molar-refractivity contribution in [1.29, 1.82) is 0 Å². The van der Waals surface area contributed by atoms with Crippen molar-refractivity contribution in [3.8, 4) is 0 Å². The van der Waals surface area contributed by atoms with Gasteiger partial charge in [0.25, 0.3) is 5.69 Å². The summed E-state index contributed by atoms with van der Waals surface area (Å²) in [5.74, 6) is -0.992. The number of amides is 1. The van der Waals surface area contributed by atoms with Crippen LogP contribution in [0, 0.1) is 10.1 Å². The maximum absolute atomic E-state index is 12.5. The number of sulfonamides is 1. The fourth-order valence-corrected chi connectivity index (χ4v) is 3.26. The Bertz CT molecular complexity index is 817. The van der Waals surface area contributed by atoms with Crippen molar-refractivity contribution in [3.63, 3.8) is 0 Å². The third-order valence-corrected chi connectivity index (χ3v) is 4.50. The molecular weight excluding hydrogens is 382 g/mol. The smallest absolute Gasteiger partial charge is 0.407 e. The molecule has 0 saturated carbocycles. The second kappa shape index (κ2) is 8.77. The standard InChI is InChI=1S/C15H21N3O8S/c1-15(2,3)26-14(20)16-9-10(13(19)25-4)17-27(23,24)12-8-6-5-7-11(12)18(21)22/h5-8,10,17H,9H2,1-4H3,(H,16,20)/t10-/m0/s1. The lowest BCUT2D eigenvalue weighted by atomic mass is 10.2. The van der Waals surface area contributed by atoms with Crippen molar-refractivity contribution in [3.05, 3.63) is 34.4 Å². The summed E-state index contributed by atoms with van der Waals surface area (Å²) >= 11 is 0. The number of para-hydroxylation sites is 1. The van der Waals surface area contributed by atoms with Gasteiger partial charge in [-0.2, -0.15) is 4.72 Å². The number of nitro groups is 1. The minimum Gasteiger partial charge on any atom is -0.468 e. The Morgan fingerprint density at radius 3 is 2.37 bits per heavy atom. The highest BCUT2D eigenvalue weighted by Crippen LogP contribution is 2.22. The highest BCUT2D eigenvalue weighted by molar-refractivity contribution is 7.89. The number of methoxy groups -OCH3 is 1. The van der Waals surface area contributed by atoms with Gasteiger partial charge < -0.3 is 14.8 Å². The van der Waals surface area contributed by atoms with Crippen LogP contribution in [-0.2, 0) is 24.3 Å². The molecule has 0 aromatic heterocycles. The lowest BCUT2D eigenvalue weighted by Crippen LogP contribution is -2.49. The molecule has 0 unspecified atom stereocenters. The Morgan fingerprint density at radius 2 is 1.85 bits per heavy atom. The summed E-state index contributed by atoms with van der Waals surface area (Å²) in [6.07, 6.45) is -0.874. The number of carbonyl (C=O) groups is 2. The van der Waals surface area contributed by atoms with Gasteiger partial charge in [0.2, 0.25) is 10.0 Å². The molecule has 0 aliphatic heterocycles. The molecule has 1 aromatic rings. The summed E-state index contributed by atoms with van der Waals surface area (Å²) in [5, 5.41) is 13.3. The van der Waals surface area contributed by atoms with E-state index in [0.29, 0.717) is 0 Å². The molecule has 1 atom stereocenters. The zero-order chi connectivity index (χ0) is 20.8. The van der Waals surface area contributed by atoms with E-state index in [1.165, 1.54) is 12.1 Å². The Kier molecular flexibility index (Phi) is 7.25. The summed E-state index contributed by atoms with van der Waals surface area (Å²) in [6, 6.07) is 3.12. The summed E-state index contributed by atoms with van der Waals surface area (Å²) in [4.78, 5) is 33.1. The molecule has 1 aromatic carbocycles. The van der Waals surface area contributed by atoms with E-state index >= 15 is 0 Å². The van der Waals surface area contributed by atoms with Gasteiger partial charge in [-0.15, -0.1) is 0 Å². The molecule has 0 aliphatic rings. The van der Waals surface area contributed by atoms with Crippen LogP contribution in [0.4, 0.5) is 10.5 Å². The predicted molar refractivity (Wildman–Crippen MR) is 93.5 cm³/mol. The van der Waals surface area contributed by atoms with E-state index < -0.39 is 55.8 Å². The summed E-state index contributed by atoms with van der Waals surface area (Å²) in [7, 11) is -3.43. The number of nitrogens with one attached hydrogen (secondary N) is 2. The molecule has 2 N–H and O–H groups in total. The number of hydrogen-bond acceptors (Lipinski definition) is 8. The van der Waals surface area contributed by atoms with Gasteiger partial charge in [0.1, 0.15) is 11.6 Å². The first kappa shape index (κ1) is 22.3. The van der Waals surface area contributed by atoms with Crippen molar-refractivity contribution in [2.45, 2.75) is 37.3 Å². The molecule has 150 valence electrons. The maximum atomic E-state index is 12.5. The molecule has 0 bridgehead atoms. The zero-order valence-corrected chi connectivity index (χ0v) is 16.0. The Labute approximate surface area is 156 Å². The average molecular weight is 403 g/mol. The van der Waals surface area contributed by atoms with E-state index in [1.54, 1.807) is 20.8 Å². The molecule has 0 spiro atoms. The number of hydrogen-bond donors (Lipinski definition) is 2. The van der Waals surface area contributed by atoms with Crippen LogP contribution in [0.15, 0.2) is 29.2 Å². The molecule has 0 aliphatic carbocycles. The molecule has 12 heteroatoms. The van der Waals surface area contributed by atoms with Crippen molar-refractivity contribution >= 4 is 27.8 Å². The molecule has 11 nitrogen and oxygen atoms in total. The number of ether oxygens (including phenoxy) is 2. The number of esters is 1. The first-order valence-corrected chi connectivity index (χ1v) is 9.16. The Balaban J connectivity index is 3.01. The lowest BCUT2D eigenvalue weighted by Gasteiger charge is -2.21. The average Bonchev–Trinajstić information content (AvgIpc) is 2.56. The molecule has 0 fully saturated rings. The van der Waals surface area contributed by atoms with E-state index in [1.807, 2.05) is 4.72 Å². The first-order valence-electron chi connectivity index (χ1n) is 7.68. The lowest BCUT2D eigenvalue weighted by molar-refractivity contribution is -0.387. The predicted octanol–water partition coefficient (Wildman–Crippen LogP) is 0.939. The van der Waals surface area contributed by atoms with E-state index in [4.69, 9.17) is 4.74 Å². The topological polar surface area (TPSA) is 154 Å². The van der Waals surface area contributed by atoms with E-state index in [9.17, 15) is 28.1 Å². The number of benzene rings is 1. The SMILES string of the molecule is COC(=O)[C@H](CNC(=O)OC(C)(C)C)NS(=O)(=O)c1ccccc1[N+](=O)[O-]. The monoisotopic (exact) mass is 403 g/mol. The van der Waals surface area contributed by atoms with Gasteiger partial charge in [-0.3, -0.25) is 14.9 Å². The first-order chi connectivity index (χ1) is 12.4. The fourth-order valence-electron chi connectivity index (χ4n) is 1.90. The highest BCUT2D eigenvalue weighted by Gasteiger charge is 2.31. The minimum atomic E-state index is -4.46. The Hall–Kier alpha value is -2.73. The van der Waals surface area contributed by atoms with Crippen LogP contribution in [0.1, 0.15) is 20.8 Å². The fraction of sp³-hybridized carbons (Fsp3) is 0.467. The van der Waals surface area contributed by atoms with Crippen LogP contribution in [-0.4, -0.2) is 50.7 Å². The molecule has 27 heavy (non-hydrogen) atoms. The maximum Gasteiger partial charge on any atom is 0.407 e. The second-order valence-corrected chi connectivity index (χ2v) is 7.99. The third kappa shape index (κ3) is 6.83. The van der Waals surface area contributed by atoms with Crippen LogP contribution in [0.3, 0.4) is 0 Å². The third-order valence-electron chi connectivity index (χ3n) is 2.98. The van der Waals surface area contributed by atoms with Gasteiger partial charge in [0, 0.05) is 12.6 Å². The molecule has 0 heterocycles. The summed E-state index contributed by atoms with van der Waals surface area (Å²) in [5.41, 5.74) is -1.46. The van der Waals surface area contributed by atoms with Crippen molar-refractivity contribution < 1.29 is 32.4 Å².